The molecule has 1 heterocycles. The summed E-state index contributed by atoms with van der Waals surface area (Å²) in [6, 6.07) is 0.125. The molecule has 80 valence electrons. The Morgan fingerprint density at radius 3 is 2.93 bits per heavy atom. The lowest BCUT2D eigenvalue weighted by Gasteiger charge is -2.27. The van der Waals surface area contributed by atoms with Crippen molar-refractivity contribution in [2.24, 2.45) is 0 Å². The third kappa shape index (κ3) is 3.33. The summed E-state index contributed by atoms with van der Waals surface area (Å²) in [7, 11) is 0. The molecule has 1 fully saturated rings. The highest BCUT2D eigenvalue weighted by atomic mass is 16.2. The maximum atomic E-state index is 11.3. The second kappa shape index (κ2) is 4.95. The van der Waals surface area contributed by atoms with E-state index in [1.807, 2.05) is 13.8 Å². The quantitative estimate of drug-likeness (QED) is 0.609. The van der Waals surface area contributed by atoms with Gasteiger partial charge in [-0.2, -0.15) is 0 Å². The van der Waals surface area contributed by atoms with E-state index >= 15 is 0 Å². The van der Waals surface area contributed by atoms with Crippen LogP contribution in [0.4, 0.5) is 0 Å². The Morgan fingerprint density at radius 1 is 1.64 bits per heavy atom. The van der Waals surface area contributed by atoms with Gasteiger partial charge in [0.05, 0.1) is 13.1 Å². The van der Waals surface area contributed by atoms with Crippen LogP contribution < -0.4 is 10.6 Å². The molecule has 2 amide bonds. The molecule has 0 saturated carbocycles. The van der Waals surface area contributed by atoms with Gasteiger partial charge >= 0.3 is 0 Å². The Morgan fingerprint density at radius 2 is 2.36 bits per heavy atom. The lowest BCUT2D eigenvalue weighted by atomic mass is 10.3. The van der Waals surface area contributed by atoms with Crippen LogP contribution in [0.1, 0.15) is 13.8 Å². The fraction of sp³-hybridized carbons (Fsp3) is 0.778. The Bertz CT molecular complexity index is 228. The first-order valence-electron chi connectivity index (χ1n) is 4.87. The van der Waals surface area contributed by atoms with Crippen LogP contribution >= 0.6 is 0 Å². The molecule has 5 nitrogen and oxygen atoms in total. The summed E-state index contributed by atoms with van der Waals surface area (Å²) in [5, 5.41) is 5.71. The Kier molecular flexibility index (Phi) is 3.88. The number of carbonyl (C=O) groups is 2. The van der Waals surface area contributed by atoms with Gasteiger partial charge in [-0.05, 0) is 13.8 Å². The predicted molar refractivity (Wildman–Crippen MR) is 52.7 cm³/mol. The largest absolute Gasteiger partial charge is 0.352 e. The van der Waals surface area contributed by atoms with Crippen LogP contribution in [-0.2, 0) is 9.59 Å². The maximum absolute atomic E-state index is 11.3. The molecule has 1 aliphatic rings. The van der Waals surface area contributed by atoms with Crippen LogP contribution in [0.15, 0.2) is 0 Å². The van der Waals surface area contributed by atoms with Gasteiger partial charge in [0.1, 0.15) is 0 Å². The normalized spacial score (nSPS) is 17.4. The molecule has 14 heavy (non-hydrogen) atoms. The van der Waals surface area contributed by atoms with Gasteiger partial charge in [0.15, 0.2) is 0 Å². The molecule has 1 saturated heterocycles. The van der Waals surface area contributed by atoms with Crippen molar-refractivity contribution in [3.05, 3.63) is 0 Å². The highest BCUT2D eigenvalue weighted by Gasteiger charge is 2.19. The molecule has 0 aliphatic carbocycles. The monoisotopic (exact) mass is 199 g/mol. The molecule has 0 spiro atoms. The summed E-state index contributed by atoms with van der Waals surface area (Å²) in [6.07, 6.45) is 0. The van der Waals surface area contributed by atoms with Crippen LogP contribution in [0, 0.1) is 0 Å². The van der Waals surface area contributed by atoms with E-state index in [0.29, 0.717) is 13.1 Å². The summed E-state index contributed by atoms with van der Waals surface area (Å²) >= 11 is 0. The number of nitrogens with zero attached hydrogens (tertiary/aromatic N) is 1. The highest BCUT2D eigenvalue weighted by Crippen LogP contribution is 1.93. The van der Waals surface area contributed by atoms with E-state index in [4.69, 9.17) is 0 Å². The summed E-state index contributed by atoms with van der Waals surface area (Å²) in [5.41, 5.74) is 0. The lowest BCUT2D eigenvalue weighted by Crippen LogP contribution is -2.51. The summed E-state index contributed by atoms with van der Waals surface area (Å²) < 4.78 is 0. The number of piperazine rings is 1. The first-order chi connectivity index (χ1) is 6.59. The van der Waals surface area contributed by atoms with Crippen molar-refractivity contribution in [1.82, 2.24) is 15.5 Å². The van der Waals surface area contributed by atoms with Crippen LogP contribution in [0.3, 0.4) is 0 Å². The average Bonchev–Trinajstić information content (AvgIpc) is 2.07. The molecule has 5 heteroatoms. The second-order valence-corrected chi connectivity index (χ2v) is 3.71. The number of hydrogen-bond donors (Lipinski definition) is 2. The van der Waals surface area contributed by atoms with E-state index in [0.717, 1.165) is 6.54 Å². The number of hydrogen-bond acceptors (Lipinski definition) is 3. The van der Waals surface area contributed by atoms with Crippen LogP contribution in [0.5, 0.6) is 0 Å². The number of nitrogens with one attached hydrogen (secondary N) is 2. The average molecular weight is 199 g/mol. The van der Waals surface area contributed by atoms with Crippen molar-refractivity contribution in [3.8, 4) is 0 Å². The van der Waals surface area contributed by atoms with Crippen molar-refractivity contribution >= 4 is 11.8 Å². The maximum Gasteiger partial charge on any atom is 0.239 e. The molecule has 2 N–H and O–H groups in total. The fourth-order valence-electron chi connectivity index (χ4n) is 1.35. The van der Waals surface area contributed by atoms with Crippen molar-refractivity contribution in [1.29, 1.82) is 0 Å². The number of carbonyl (C=O) groups excluding carboxylic acids is 2. The van der Waals surface area contributed by atoms with E-state index in [1.165, 1.54) is 0 Å². The fourth-order valence-corrected chi connectivity index (χ4v) is 1.35. The molecule has 0 aromatic heterocycles. The number of amides is 2. The molecule has 0 unspecified atom stereocenters. The van der Waals surface area contributed by atoms with E-state index in [-0.39, 0.29) is 24.4 Å². The Balaban J connectivity index is 2.34. The van der Waals surface area contributed by atoms with Gasteiger partial charge in [-0.25, -0.2) is 0 Å². The minimum absolute atomic E-state index is 0.00449. The van der Waals surface area contributed by atoms with Crippen LogP contribution in [0.25, 0.3) is 0 Å². The molecule has 0 bridgehead atoms. The van der Waals surface area contributed by atoms with Crippen molar-refractivity contribution in [3.63, 3.8) is 0 Å². The van der Waals surface area contributed by atoms with E-state index in [1.54, 1.807) is 4.90 Å². The summed E-state index contributed by atoms with van der Waals surface area (Å²) in [4.78, 5) is 24.2. The molecular formula is C9H17N3O2. The van der Waals surface area contributed by atoms with Crippen LogP contribution in [0.2, 0.25) is 0 Å². The lowest BCUT2D eigenvalue weighted by molar-refractivity contribution is -0.136. The Labute approximate surface area is 83.8 Å². The zero-order valence-electron chi connectivity index (χ0n) is 8.67. The van der Waals surface area contributed by atoms with E-state index < -0.39 is 0 Å². The Hall–Kier alpha value is -1.10. The molecule has 0 atom stereocenters. The SMILES string of the molecule is CC(C)NC(=O)CN1CCNCC1=O. The zero-order chi connectivity index (χ0) is 10.6. The van der Waals surface area contributed by atoms with Gasteiger partial charge in [-0.1, -0.05) is 0 Å². The first kappa shape index (κ1) is 11.0. The van der Waals surface area contributed by atoms with E-state index in [9.17, 15) is 9.59 Å². The van der Waals surface area contributed by atoms with Crippen LogP contribution in [-0.4, -0.2) is 48.9 Å². The molecule has 1 rings (SSSR count). The minimum atomic E-state index is -0.0877. The van der Waals surface area contributed by atoms with Crippen molar-refractivity contribution in [2.45, 2.75) is 19.9 Å². The highest BCUT2D eigenvalue weighted by molar-refractivity contribution is 5.86. The number of rotatable bonds is 3. The smallest absolute Gasteiger partial charge is 0.239 e. The minimum Gasteiger partial charge on any atom is -0.352 e. The topological polar surface area (TPSA) is 61.4 Å². The molecule has 1 aliphatic heterocycles. The van der Waals surface area contributed by atoms with Crippen molar-refractivity contribution < 1.29 is 9.59 Å². The molecular weight excluding hydrogens is 182 g/mol. The molecule has 0 aromatic carbocycles. The summed E-state index contributed by atoms with van der Waals surface area (Å²) in [6.45, 7) is 5.70. The van der Waals surface area contributed by atoms with Gasteiger partial charge in [-0.15, -0.1) is 0 Å². The van der Waals surface area contributed by atoms with Crippen molar-refractivity contribution in [2.75, 3.05) is 26.2 Å². The zero-order valence-corrected chi connectivity index (χ0v) is 8.67. The summed E-state index contributed by atoms with van der Waals surface area (Å²) in [5.74, 6) is -0.0922. The molecule has 0 aromatic rings. The van der Waals surface area contributed by atoms with Gasteiger partial charge in [0.25, 0.3) is 0 Å². The van der Waals surface area contributed by atoms with Gasteiger partial charge in [0.2, 0.25) is 11.8 Å². The molecule has 0 radical (unpaired) electrons. The predicted octanol–water partition coefficient (Wildman–Crippen LogP) is -1.06. The standard InChI is InChI=1S/C9H17N3O2/c1-7(2)11-8(13)6-12-4-3-10-5-9(12)14/h7,10H,3-6H2,1-2H3,(H,11,13). The second-order valence-electron chi connectivity index (χ2n) is 3.71. The first-order valence-corrected chi connectivity index (χ1v) is 4.87. The third-order valence-corrected chi connectivity index (χ3v) is 1.97. The van der Waals surface area contributed by atoms with E-state index in [2.05, 4.69) is 10.6 Å². The van der Waals surface area contributed by atoms with Gasteiger partial charge in [-0.3, -0.25) is 9.59 Å². The van der Waals surface area contributed by atoms with Gasteiger partial charge in [0, 0.05) is 19.1 Å². The third-order valence-electron chi connectivity index (χ3n) is 1.97. The van der Waals surface area contributed by atoms with Gasteiger partial charge < -0.3 is 15.5 Å².